The summed E-state index contributed by atoms with van der Waals surface area (Å²) in [6.45, 7) is 2.60. The fraction of sp³-hybridized carbons (Fsp3) is 0.667. The molecule has 2 N–H and O–H groups in total. The summed E-state index contributed by atoms with van der Waals surface area (Å²) in [4.78, 5) is 2.36. The van der Waals surface area contributed by atoms with Crippen LogP contribution in [0.15, 0.2) is 16.5 Å². The van der Waals surface area contributed by atoms with Gasteiger partial charge in [-0.1, -0.05) is 6.42 Å². The van der Waals surface area contributed by atoms with E-state index >= 15 is 0 Å². The highest BCUT2D eigenvalue weighted by Gasteiger charge is 2.29. The van der Waals surface area contributed by atoms with Crippen molar-refractivity contribution in [1.29, 1.82) is 0 Å². The average Bonchev–Trinajstić information content (AvgIpc) is 2.50. The second-order valence-corrected chi connectivity index (χ2v) is 4.45. The van der Waals surface area contributed by atoms with Crippen molar-refractivity contribution in [2.24, 2.45) is 5.73 Å². The molecule has 3 nitrogen and oxygen atoms in total. The van der Waals surface area contributed by atoms with E-state index in [9.17, 15) is 0 Å². The zero-order valence-corrected chi connectivity index (χ0v) is 9.57. The van der Waals surface area contributed by atoms with Crippen molar-refractivity contribution in [2.75, 3.05) is 13.6 Å². The molecule has 0 aliphatic heterocycles. The summed E-state index contributed by atoms with van der Waals surface area (Å²) in [6.07, 6.45) is 3.95. The molecule has 0 saturated heterocycles. The predicted molar refractivity (Wildman–Crippen MR) is 60.6 cm³/mol. The molecule has 0 amide bonds. The van der Waals surface area contributed by atoms with Crippen LogP contribution in [0.2, 0.25) is 0 Å². The third-order valence-electron chi connectivity index (χ3n) is 3.46. The lowest BCUT2D eigenvalue weighted by molar-refractivity contribution is 0.101. The van der Waals surface area contributed by atoms with Crippen molar-refractivity contribution in [1.82, 2.24) is 4.90 Å². The first-order chi connectivity index (χ1) is 7.22. The van der Waals surface area contributed by atoms with Gasteiger partial charge in [-0.25, -0.2) is 0 Å². The van der Waals surface area contributed by atoms with Crippen molar-refractivity contribution >= 4 is 0 Å². The molecule has 15 heavy (non-hydrogen) atoms. The molecule has 84 valence electrons. The van der Waals surface area contributed by atoms with Crippen LogP contribution < -0.4 is 5.73 Å². The lowest BCUT2D eigenvalue weighted by atomic mass is 9.90. The van der Waals surface area contributed by atoms with E-state index in [1.807, 2.05) is 19.1 Å². The summed E-state index contributed by atoms with van der Waals surface area (Å²) in [5, 5.41) is 0. The maximum Gasteiger partial charge on any atom is 0.122 e. The van der Waals surface area contributed by atoms with Crippen LogP contribution in [0, 0.1) is 6.92 Å². The SMILES string of the molecule is Cc1ccc(C(CN)N(C)C2CCC2)o1. The first-order valence-corrected chi connectivity index (χ1v) is 5.70. The zero-order chi connectivity index (χ0) is 10.8. The Hall–Kier alpha value is -0.800. The van der Waals surface area contributed by atoms with Crippen LogP contribution in [-0.2, 0) is 0 Å². The standard InChI is InChI=1S/C12H20N2O/c1-9-6-7-12(15-9)11(8-13)14(2)10-4-3-5-10/h6-7,10-11H,3-5,8,13H2,1-2H3. The Balaban J connectivity index is 2.08. The highest BCUT2D eigenvalue weighted by molar-refractivity contribution is 5.10. The molecule has 0 spiro atoms. The molecule has 1 aliphatic carbocycles. The number of hydrogen-bond acceptors (Lipinski definition) is 3. The van der Waals surface area contributed by atoms with Crippen LogP contribution in [0.4, 0.5) is 0 Å². The van der Waals surface area contributed by atoms with Gasteiger partial charge in [0.15, 0.2) is 0 Å². The first-order valence-electron chi connectivity index (χ1n) is 5.70. The molecule has 1 heterocycles. The third kappa shape index (κ3) is 2.08. The van der Waals surface area contributed by atoms with E-state index in [2.05, 4.69) is 11.9 Å². The highest BCUT2D eigenvalue weighted by atomic mass is 16.3. The maximum atomic E-state index is 5.83. The van der Waals surface area contributed by atoms with Crippen molar-refractivity contribution in [3.8, 4) is 0 Å². The van der Waals surface area contributed by atoms with Gasteiger partial charge in [-0.05, 0) is 38.9 Å². The maximum absolute atomic E-state index is 5.83. The van der Waals surface area contributed by atoms with Gasteiger partial charge >= 0.3 is 0 Å². The first kappa shape index (κ1) is 10.7. The smallest absolute Gasteiger partial charge is 0.122 e. The molecule has 1 aliphatic rings. The summed E-state index contributed by atoms with van der Waals surface area (Å²) < 4.78 is 5.65. The van der Waals surface area contributed by atoms with Crippen LogP contribution in [0.25, 0.3) is 0 Å². The molecular weight excluding hydrogens is 188 g/mol. The molecule has 1 saturated carbocycles. The van der Waals surface area contributed by atoms with Crippen LogP contribution >= 0.6 is 0 Å². The zero-order valence-electron chi connectivity index (χ0n) is 9.57. The molecule has 0 radical (unpaired) electrons. The van der Waals surface area contributed by atoms with Crippen LogP contribution in [0.5, 0.6) is 0 Å². The number of nitrogens with two attached hydrogens (primary N) is 1. The van der Waals surface area contributed by atoms with Gasteiger partial charge in [-0.3, -0.25) is 4.90 Å². The number of likely N-dealkylation sites (N-methyl/N-ethyl adjacent to an activating group) is 1. The second kappa shape index (κ2) is 4.37. The van der Waals surface area contributed by atoms with E-state index in [4.69, 9.17) is 10.2 Å². The number of rotatable bonds is 4. The lowest BCUT2D eigenvalue weighted by Gasteiger charge is -2.38. The minimum Gasteiger partial charge on any atom is -0.465 e. The second-order valence-electron chi connectivity index (χ2n) is 4.45. The van der Waals surface area contributed by atoms with Gasteiger partial charge < -0.3 is 10.2 Å². The Bertz CT molecular complexity index is 317. The Kier molecular flexibility index (Phi) is 3.12. The molecule has 1 aromatic rings. The summed E-state index contributed by atoms with van der Waals surface area (Å²) in [7, 11) is 2.15. The number of furan rings is 1. The van der Waals surface area contributed by atoms with Crippen LogP contribution in [0.1, 0.15) is 36.8 Å². The molecule has 1 unspecified atom stereocenters. The van der Waals surface area contributed by atoms with Gasteiger partial charge in [0, 0.05) is 12.6 Å². The third-order valence-corrected chi connectivity index (χ3v) is 3.46. The number of nitrogens with zero attached hydrogens (tertiary/aromatic N) is 1. The van der Waals surface area contributed by atoms with Gasteiger partial charge in [0.1, 0.15) is 11.5 Å². The minimum atomic E-state index is 0.240. The summed E-state index contributed by atoms with van der Waals surface area (Å²) in [5.74, 6) is 1.97. The Labute approximate surface area is 91.2 Å². The van der Waals surface area contributed by atoms with E-state index in [-0.39, 0.29) is 6.04 Å². The number of aryl methyl sites for hydroxylation is 1. The molecule has 2 rings (SSSR count). The van der Waals surface area contributed by atoms with E-state index in [1.54, 1.807) is 0 Å². The fourth-order valence-corrected chi connectivity index (χ4v) is 2.16. The predicted octanol–water partition coefficient (Wildman–Crippen LogP) is 2.07. The summed E-state index contributed by atoms with van der Waals surface area (Å²) in [6, 6.07) is 4.99. The van der Waals surface area contributed by atoms with Gasteiger partial charge in [-0.2, -0.15) is 0 Å². The Morgan fingerprint density at radius 1 is 1.53 bits per heavy atom. The molecule has 0 bridgehead atoms. The monoisotopic (exact) mass is 208 g/mol. The highest BCUT2D eigenvalue weighted by Crippen LogP contribution is 2.30. The fourth-order valence-electron chi connectivity index (χ4n) is 2.16. The van der Waals surface area contributed by atoms with Gasteiger partial charge in [0.2, 0.25) is 0 Å². The van der Waals surface area contributed by atoms with E-state index < -0.39 is 0 Å². The van der Waals surface area contributed by atoms with Crippen LogP contribution in [0.3, 0.4) is 0 Å². The molecule has 1 atom stereocenters. The molecule has 1 aromatic heterocycles. The van der Waals surface area contributed by atoms with Gasteiger partial charge in [0.25, 0.3) is 0 Å². The Morgan fingerprint density at radius 3 is 2.67 bits per heavy atom. The minimum absolute atomic E-state index is 0.240. The Morgan fingerprint density at radius 2 is 2.27 bits per heavy atom. The topological polar surface area (TPSA) is 42.4 Å². The van der Waals surface area contributed by atoms with Crippen molar-refractivity contribution in [3.05, 3.63) is 23.7 Å². The number of hydrogen-bond donors (Lipinski definition) is 1. The van der Waals surface area contributed by atoms with Crippen LogP contribution in [-0.4, -0.2) is 24.5 Å². The summed E-state index contributed by atoms with van der Waals surface area (Å²) in [5.41, 5.74) is 5.83. The normalized spacial score (nSPS) is 19.2. The largest absolute Gasteiger partial charge is 0.465 e. The lowest BCUT2D eigenvalue weighted by Crippen LogP contribution is -2.42. The van der Waals surface area contributed by atoms with E-state index in [0.29, 0.717) is 12.6 Å². The molecule has 1 fully saturated rings. The van der Waals surface area contributed by atoms with E-state index in [0.717, 1.165) is 11.5 Å². The van der Waals surface area contributed by atoms with E-state index in [1.165, 1.54) is 19.3 Å². The van der Waals surface area contributed by atoms with Gasteiger partial charge in [-0.15, -0.1) is 0 Å². The molecule has 3 heteroatoms. The van der Waals surface area contributed by atoms with Crippen molar-refractivity contribution in [3.63, 3.8) is 0 Å². The summed E-state index contributed by atoms with van der Waals surface area (Å²) >= 11 is 0. The van der Waals surface area contributed by atoms with Crippen molar-refractivity contribution < 1.29 is 4.42 Å². The quantitative estimate of drug-likeness (QED) is 0.823. The van der Waals surface area contributed by atoms with Crippen molar-refractivity contribution in [2.45, 2.75) is 38.3 Å². The molecular formula is C12H20N2O. The molecule has 0 aromatic carbocycles. The average molecular weight is 208 g/mol. The van der Waals surface area contributed by atoms with Gasteiger partial charge in [0.05, 0.1) is 6.04 Å².